The second kappa shape index (κ2) is 5.43. The molecular weight excluding hydrogens is 354 g/mol. The Bertz CT molecular complexity index is 1000. The lowest BCUT2D eigenvalue weighted by molar-refractivity contribution is -0.384. The van der Waals surface area contributed by atoms with Gasteiger partial charge in [-0.25, -0.2) is 4.79 Å². The Kier molecular flexibility index (Phi) is 3.16. The molecule has 0 aliphatic heterocycles. The highest BCUT2D eigenvalue weighted by molar-refractivity contribution is 5.90. The van der Waals surface area contributed by atoms with Gasteiger partial charge in [-0.2, -0.15) is 0 Å². The maximum Gasteiger partial charge on any atom is 0.338 e. The minimum Gasteiger partial charge on any atom is -0.454 e. The van der Waals surface area contributed by atoms with Crippen molar-refractivity contribution < 1.29 is 14.5 Å². The highest BCUT2D eigenvalue weighted by atomic mass is 16.6. The van der Waals surface area contributed by atoms with Gasteiger partial charge < -0.3 is 4.74 Å². The van der Waals surface area contributed by atoms with E-state index in [-0.39, 0.29) is 23.2 Å². The highest BCUT2D eigenvalue weighted by Crippen LogP contribution is 2.74. The lowest BCUT2D eigenvalue weighted by Gasteiger charge is -2.46. The number of carbonyl (C=O) groups is 1. The Morgan fingerprint density at radius 2 is 1.79 bits per heavy atom. The molecule has 4 bridgehead atoms. The number of non-ortho nitro benzene ring substituents is 1. The molecular formula is C23H21NO4. The van der Waals surface area contributed by atoms with Gasteiger partial charge in [0, 0.05) is 29.9 Å². The van der Waals surface area contributed by atoms with E-state index >= 15 is 0 Å². The summed E-state index contributed by atoms with van der Waals surface area (Å²) >= 11 is 0. The molecule has 0 radical (unpaired) electrons. The molecule has 0 spiro atoms. The van der Waals surface area contributed by atoms with E-state index < -0.39 is 4.92 Å². The fraction of sp³-hybridized carbons (Fsp3) is 0.435. The standard InChI is InChI=1S/C23H21NO4/c25-22(13-6-9-16(10-7-13)24(26)27)28-23-15-8-5-14(11-15)21(23)19-12-20(23)18-4-2-1-3-17(18)19/h1-4,6-7,9-10,14-15,19-21H,5,8,11-12H2. The number of nitrogens with zero attached hydrogens (tertiary/aromatic N) is 1. The molecule has 4 aliphatic rings. The zero-order valence-corrected chi connectivity index (χ0v) is 15.4. The van der Waals surface area contributed by atoms with Gasteiger partial charge in [0.2, 0.25) is 0 Å². The zero-order chi connectivity index (χ0) is 19.0. The van der Waals surface area contributed by atoms with Gasteiger partial charge in [-0.1, -0.05) is 24.3 Å². The predicted octanol–water partition coefficient (Wildman–Crippen LogP) is 4.82. The minimum absolute atomic E-state index is 0.0126. The van der Waals surface area contributed by atoms with E-state index in [1.54, 1.807) is 0 Å². The molecule has 28 heavy (non-hydrogen) atoms. The van der Waals surface area contributed by atoms with Crippen molar-refractivity contribution >= 4 is 11.7 Å². The summed E-state index contributed by atoms with van der Waals surface area (Å²) in [6.45, 7) is 0. The number of hydrogen-bond acceptors (Lipinski definition) is 4. The van der Waals surface area contributed by atoms with Crippen LogP contribution in [0.15, 0.2) is 48.5 Å². The van der Waals surface area contributed by atoms with Crippen LogP contribution in [-0.2, 0) is 4.74 Å². The number of benzene rings is 2. The molecule has 0 N–H and O–H groups in total. The maximum absolute atomic E-state index is 13.1. The van der Waals surface area contributed by atoms with Gasteiger partial charge in [-0.05, 0) is 60.8 Å². The van der Waals surface area contributed by atoms with E-state index in [9.17, 15) is 14.9 Å². The molecule has 142 valence electrons. The minimum atomic E-state index is -0.452. The van der Waals surface area contributed by atoms with Crippen molar-refractivity contribution in [1.82, 2.24) is 0 Å². The zero-order valence-electron chi connectivity index (χ0n) is 15.4. The first-order valence-electron chi connectivity index (χ1n) is 10.2. The van der Waals surface area contributed by atoms with Crippen LogP contribution in [0.2, 0.25) is 0 Å². The third-order valence-electron chi connectivity index (χ3n) is 7.96. The summed E-state index contributed by atoms with van der Waals surface area (Å²) in [4.78, 5) is 23.5. The molecule has 6 rings (SSSR count). The Balaban J connectivity index is 1.38. The Labute approximate surface area is 162 Å². The lowest BCUT2D eigenvalue weighted by atomic mass is 9.65. The van der Waals surface area contributed by atoms with Crippen molar-refractivity contribution in [3.05, 3.63) is 75.3 Å². The van der Waals surface area contributed by atoms with Crippen molar-refractivity contribution in [3.63, 3.8) is 0 Å². The molecule has 6 atom stereocenters. The SMILES string of the molecule is O=C(OC12C3CCC(C3)C1C1CC2c2ccccc21)c1ccc([N+](=O)[O-])cc1. The summed E-state index contributed by atoms with van der Waals surface area (Å²) < 4.78 is 6.43. The molecule has 3 saturated carbocycles. The monoisotopic (exact) mass is 375 g/mol. The van der Waals surface area contributed by atoms with E-state index in [0.717, 1.165) is 12.8 Å². The van der Waals surface area contributed by atoms with Crippen molar-refractivity contribution in [2.75, 3.05) is 0 Å². The summed E-state index contributed by atoms with van der Waals surface area (Å²) in [5.74, 6) is 1.97. The van der Waals surface area contributed by atoms with Crippen molar-refractivity contribution in [1.29, 1.82) is 0 Å². The number of rotatable bonds is 3. The van der Waals surface area contributed by atoms with E-state index in [1.165, 1.54) is 48.2 Å². The average molecular weight is 375 g/mol. The first kappa shape index (κ1) is 16.3. The summed E-state index contributed by atoms with van der Waals surface area (Å²) in [6.07, 6.45) is 4.64. The predicted molar refractivity (Wildman–Crippen MR) is 102 cm³/mol. The topological polar surface area (TPSA) is 69.4 Å². The summed E-state index contributed by atoms with van der Waals surface area (Å²) in [5.41, 5.74) is 2.83. The van der Waals surface area contributed by atoms with Gasteiger partial charge in [0.25, 0.3) is 5.69 Å². The van der Waals surface area contributed by atoms with Gasteiger partial charge in [-0.3, -0.25) is 10.1 Å². The molecule has 2 aromatic rings. The highest BCUT2D eigenvalue weighted by Gasteiger charge is 2.72. The quantitative estimate of drug-likeness (QED) is 0.334. The largest absolute Gasteiger partial charge is 0.454 e. The van der Waals surface area contributed by atoms with E-state index in [0.29, 0.717) is 29.2 Å². The lowest BCUT2D eigenvalue weighted by Crippen LogP contribution is -2.50. The van der Waals surface area contributed by atoms with Gasteiger partial charge in [0.05, 0.1) is 10.5 Å². The molecule has 0 heterocycles. The van der Waals surface area contributed by atoms with Crippen LogP contribution in [0, 0.1) is 27.9 Å². The molecule has 2 aromatic carbocycles. The van der Waals surface area contributed by atoms with Gasteiger partial charge in [-0.15, -0.1) is 0 Å². The molecule has 0 aromatic heterocycles. The maximum atomic E-state index is 13.1. The van der Waals surface area contributed by atoms with Crippen LogP contribution in [0.1, 0.15) is 59.0 Å². The van der Waals surface area contributed by atoms with Crippen molar-refractivity contribution in [3.8, 4) is 0 Å². The average Bonchev–Trinajstić information content (AvgIpc) is 3.46. The van der Waals surface area contributed by atoms with Crippen molar-refractivity contribution in [2.45, 2.75) is 43.1 Å². The van der Waals surface area contributed by atoms with Gasteiger partial charge >= 0.3 is 5.97 Å². The van der Waals surface area contributed by atoms with Crippen LogP contribution < -0.4 is 0 Å². The number of ether oxygens (including phenoxy) is 1. The Morgan fingerprint density at radius 1 is 1.04 bits per heavy atom. The number of nitro groups is 1. The van der Waals surface area contributed by atoms with Crippen LogP contribution in [0.5, 0.6) is 0 Å². The van der Waals surface area contributed by atoms with Gasteiger partial charge in [0.1, 0.15) is 5.60 Å². The second-order valence-electron chi connectivity index (χ2n) is 8.87. The van der Waals surface area contributed by atoms with E-state index in [4.69, 9.17) is 4.74 Å². The Morgan fingerprint density at radius 3 is 2.54 bits per heavy atom. The number of nitro benzene ring substituents is 1. The van der Waals surface area contributed by atoms with Crippen molar-refractivity contribution in [2.24, 2.45) is 17.8 Å². The third-order valence-corrected chi connectivity index (χ3v) is 7.96. The molecule has 6 unspecified atom stereocenters. The van der Waals surface area contributed by atoms with Crippen LogP contribution in [0.25, 0.3) is 0 Å². The molecule has 4 aliphatic carbocycles. The van der Waals surface area contributed by atoms with Gasteiger partial charge in [0.15, 0.2) is 0 Å². The molecule has 3 fully saturated rings. The number of hydrogen-bond donors (Lipinski definition) is 0. The first-order chi connectivity index (χ1) is 13.6. The first-order valence-corrected chi connectivity index (χ1v) is 10.2. The fourth-order valence-electron chi connectivity index (χ4n) is 7.16. The molecule has 0 saturated heterocycles. The summed E-state index contributed by atoms with van der Waals surface area (Å²) in [6, 6.07) is 14.5. The number of esters is 1. The van der Waals surface area contributed by atoms with Crippen LogP contribution in [0.4, 0.5) is 5.69 Å². The third kappa shape index (κ3) is 1.89. The van der Waals surface area contributed by atoms with E-state index in [1.807, 2.05) is 0 Å². The van der Waals surface area contributed by atoms with Crippen LogP contribution >= 0.6 is 0 Å². The fourth-order valence-corrected chi connectivity index (χ4v) is 7.16. The molecule has 5 nitrogen and oxygen atoms in total. The summed E-state index contributed by atoms with van der Waals surface area (Å²) in [7, 11) is 0. The summed E-state index contributed by atoms with van der Waals surface area (Å²) in [5, 5.41) is 10.9. The van der Waals surface area contributed by atoms with E-state index in [2.05, 4.69) is 24.3 Å². The molecule has 0 amide bonds. The number of fused-ring (bicyclic) bond motifs is 12. The second-order valence-corrected chi connectivity index (χ2v) is 8.87. The Hall–Kier alpha value is -2.69. The smallest absolute Gasteiger partial charge is 0.338 e. The number of carbonyl (C=O) groups excluding carboxylic acids is 1. The molecule has 5 heteroatoms. The van der Waals surface area contributed by atoms with Crippen LogP contribution in [-0.4, -0.2) is 16.5 Å². The van der Waals surface area contributed by atoms with Crippen LogP contribution in [0.3, 0.4) is 0 Å². The normalized spacial score (nSPS) is 36.2.